The Labute approximate surface area is 122 Å². The summed E-state index contributed by atoms with van der Waals surface area (Å²) in [6, 6.07) is 16.3. The SMILES string of the molecule is CN(c1ccccc1)S(=O)(=O)Cc1ccc(Br)cc1. The van der Waals surface area contributed by atoms with Crippen LogP contribution in [0.15, 0.2) is 59.1 Å². The van der Waals surface area contributed by atoms with Crippen molar-refractivity contribution in [2.75, 3.05) is 11.4 Å². The smallest absolute Gasteiger partial charge is 0.239 e. The van der Waals surface area contributed by atoms with Crippen molar-refractivity contribution in [2.24, 2.45) is 0 Å². The summed E-state index contributed by atoms with van der Waals surface area (Å²) in [7, 11) is -1.79. The monoisotopic (exact) mass is 339 g/mol. The first-order valence-corrected chi connectivity index (χ1v) is 8.15. The van der Waals surface area contributed by atoms with E-state index in [2.05, 4.69) is 15.9 Å². The Balaban J connectivity index is 2.21. The van der Waals surface area contributed by atoms with Gasteiger partial charge >= 0.3 is 0 Å². The topological polar surface area (TPSA) is 37.4 Å². The van der Waals surface area contributed by atoms with Gasteiger partial charge in [-0.05, 0) is 29.8 Å². The van der Waals surface area contributed by atoms with E-state index < -0.39 is 10.0 Å². The van der Waals surface area contributed by atoms with E-state index >= 15 is 0 Å². The second kappa shape index (κ2) is 5.75. The maximum atomic E-state index is 12.3. The van der Waals surface area contributed by atoms with Gasteiger partial charge in [0.25, 0.3) is 0 Å². The van der Waals surface area contributed by atoms with Crippen molar-refractivity contribution in [1.29, 1.82) is 0 Å². The highest BCUT2D eigenvalue weighted by atomic mass is 79.9. The average Bonchev–Trinajstić information content (AvgIpc) is 2.41. The van der Waals surface area contributed by atoms with Gasteiger partial charge in [0.05, 0.1) is 11.4 Å². The van der Waals surface area contributed by atoms with Crippen LogP contribution in [0.4, 0.5) is 5.69 Å². The fraction of sp³-hybridized carbons (Fsp3) is 0.143. The molecule has 0 amide bonds. The molecule has 0 saturated heterocycles. The van der Waals surface area contributed by atoms with Crippen molar-refractivity contribution >= 4 is 31.6 Å². The maximum absolute atomic E-state index is 12.3. The molecule has 2 rings (SSSR count). The molecule has 0 atom stereocenters. The van der Waals surface area contributed by atoms with Crippen molar-refractivity contribution in [3.8, 4) is 0 Å². The summed E-state index contributed by atoms with van der Waals surface area (Å²) in [5.41, 5.74) is 1.44. The zero-order valence-electron chi connectivity index (χ0n) is 10.5. The molecule has 3 nitrogen and oxygen atoms in total. The van der Waals surface area contributed by atoms with Gasteiger partial charge in [-0.1, -0.05) is 46.3 Å². The first-order valence-electron chi connectivity index (χ1n) is 5.75. The van der Waals surface area contributed by atoms with E-state index in [0.717, 1.165) is 10.0 Å². The summed E-state index contributed by atoms with van der Waals surface area (Å²) in [6.45, 7) is 0. The van der Waals surface area contributed by atoms with Crippen LogP contribution in [0.3, 0.4) is 0 Å². The van der Waals surface area contributed by atoms with Gasteiger partial charge in [0, 0.05) is 11.5 Å². The lowest BCUT2D eigenvalue weighted by Crippen LogP contribution is -2.27. The van der Waals surface area contributed by atoms with Crippen molar-refractivity contribution in [3.63, 3.8) is 0 Å². The van der Waals surface area contributed by atoms with Gasteiger partial charge < -0.3 is 0 Å². The Hall–Kier alpha value is -1.33. The highest BCUT2D eigenvalue weighted by Gasteiger charge is 2.18. The maximum Gasteiger partial charge on any atom is 0.239 e. The van der Waals surface area contributed by atoms with E-state index in [9.17, 15) is 8.42 Å². The summed E-state index contributed by atoms with van der Waals surface area (Å²) in [4.78, 5) is 0. The summed E-state index contributed by atoms with van der Waals surface area (Å²) in [5.74, 6) is -0.00826. The van der Waals surface area contributed by atoms with Crippen LogP contribution in [-0.4, -0.2) is 15.5 Å². The van der Waals surface area contributed by atoms with Crippen LogP contribution < -0.4 is 4.31 Å². The number of rotatable bonds is 4. The Kier molecular flexibility index (Phi) is 4.27. The van der Waals surface area contributed by atoms with E-state index in [0.29, 0.717) is 5.69 Å². The molecule has 100 valence electrons. The van der Waals surface area contributed by atoms with E-state index in [1.165, 1.54) is 4.31 Å². The van der Waals surface area contributed by atoms with Crippen LogP contribution in [0.2, 0.25) is 0 Å². The molecule has 0 bridgehead atoms. The van der Waals surface area contributed by atoms with Gasteiger partial charge in [0.2, 0.25) is 10.0 Å². The molecule has 0 aromatic heterocycles. The molecule has 0 N–H and O–H groups in total. The standard InChI is InChI=1S/C14H14BrNO2S/c1-16(14-5-3-2-4-6-14)19(17,18)11-12-7-9-13(15)10-8-12/h2-10H,11H2,1H3. The molecule has 19 heavy (non-hydrogen) atoms. The summed E-state index contributed by atoms with van der Waals surface area (Å²) < 4.78 is 26.8. The van der Waals surface area contributed by atoms with Gasteiger partial charge in [0.1, 0.15) is 0 Å². The number of hydrogen-bond acceptors (Lipinski definition) is 2. The molecule has 5 heteroatoms. The molecule has 0 fully saturated rings. The molecule has 0 spiro atoms. The third kappa shape index (κ3) is 3.58. The van der Waals surface area contributed by atoms with Crippen LogP contribution in [0.1, 0.15) is 5.56 Å². The fourth-order valence-corrected chi connectivity index (χ4v) is 3.20. The van der Waals surface area contributed by atoms with E-state index in [4.69, 9.17) is 0 Å². The molecule has 0 aliphatic rings. The highest BCUT2D eigenvalue weighted by molar-refractivity contribution is 9.10. The van der Waals surface area contributed by atoms with Gasteiger partial charge in [-0.3, -0.25) is 4.31 Å². The number of anilines is 1. The summed E-state index contributed by atoms with van der Waals surface area (Å²) in [5, 5.41) is 0. The van der Waals surface area contributed by atoms with Crippen molar-refractivity contribution < 1.29 is 8.42 Å². The largest absolute Gasteiger partial charge is 0.273 e. The Morgan fingerprint density at radius 3 is 2.16 bits per heavy atom. The molecule has 2 aromatic rings. The summed E-state index contributed by atoms with van der Waals surface area (Å²) in [6.07, 6.45) is 0. The number of halogens is 1. The van der Waals surface area contributed by atoms with Crippen LogP contribution in [0.5, 0.6) is 0 Å². The lowest BCUT2D eigenvalue weighted by molar-refractivity contribution is 0.593. The van der Waals surface area contributed by atoms with Crippen LogP contribution in [0.25, 0.3) is 0 Å². The molecule has 0 heterocycles. The number of nitrogens with zero attached hydrogens (tertiary/aromatic N) is 1. The lowest BCUT2D eigenvalue weighted by Gasteiger charge is -2.19. The predicted molar refractivity (Wildman–Crippen MR) is 81.6 cm³/mol. The molecular weight excluding hydrogens is 326 g/mol. The molecule has 0 saturated carbocycles. The number of benzene rings is 2. The Morgan fingerprint density at radius 1 is 1.00 bits per heavy atom. The zero-order valence-corrected chi connectivity index (χ0v) is 12.9. The molecule has 0 radical (unpaired) electrons. The third-order valence-corrected chi connectivity index (χ3v) is 5.07. The Bertz CT molecular complexity index is 639. The van der Waals surface area contributed by atoms with E-state index in [-0.39, 0.29) is 5.75 Å². The van der Waals surface area contributed by atoms with Crippen molar-refractivity contribution in [2.45, 2.75) is 5.75 Å². The average molecular weight is 340 g/mol. The Morgan fingerprint density at radius 2 is 1.58 bits per heavy atom. The van der Waals surface area contributed by atoms with E-state index in [1.54, 1.807) is 31.3 Å². The molecule has 0 aliphatic carbocycles. The van der Waals surface area contributed by atoms with Crippen molar-refractivity contribution in [3.05, 3.63) is 64.6 Å². The molecular formula is C14H14BrNO2S. The molecule has 2 aromatic carbocycles. The zero-order chi connectivity index (χ0) is 13.9. The molecule has 0 aliphatic heterocycles. The second-order valence-electron chi connectivity index (χ2n) is 4.19. The fourth-order valence-electron chi connectivity index (χ4n) is 1.69. The van der Waals surface area contributed by atoms with Gasteiger partial charge in [-0.2, -0.15) is 0 Å². The second-order valence-corrected chi connectivity index (χ2v) is 7.10. The van der Waals surface area contributed by atoms with Gasteiger partial charge in [0.15, 0.2) is 0 Å². The van der Waals surface area contributed by atoms with Crippen molar-refractivity contribution in [1.82, 2.24) is 0 Å². The minimum Gasteiger partial charge on any atom is -0.273 e. The van der Waals surface area contributed by atoms with Gasteiger partial charge in [-0.15, -0.1) is 0 Å². The first-order chi connectivity index (χ1) is 8.99. The number of hydrogen-bond donors (Lipinski definition) is 0. The predicted octanol–water partition coefficient (Wildman–Crippen LogP) is 3.42. The quantitative estimate of drug-likeness (QED) is 0.855. The minimum absolute atomic E-state index is 0.00826. The summed E-state index contributed by atoms with van der Waals surface area (Å²) >= 11 is 3.33. The lowest BCUT2D eigenvalue weighted by atomic mass is 10.2. The third-order valence-electron chi connectivity index (χ3n) is 2.80. The normalized spacial score (nSPS) is 11.3. The molecule has 0 unspecified atom stereocenters. The number of sulfonamides is 1. The van der Waals surface area contributed by atoms with Gasteiger partial charge in [-0.25, -0.2) is 8.42 Å². The first kappa shape index (κ1) is 14.1. The van der Waals surface area contributed by atoms with E-state index in [1.807, 2.05) is 30.3 Å². The number of para-hydroxylation sites is 1. The van der Waals surface area contributed by atoms with Crippen LogP contribution >= 0.6 is 15.9 Å². The van der Waals surface area contributed by atoms with Crippen LogP contribution in [-0.2, 0) is 15.8 Å². The van der Waals surface area contributed by atoms with Crippen LogP contribution in [0, 0.1) is 0 Å². The highest BCUT2D eigenvalue weighted by Crippen LogP contribution is 2.19. The minimum atomic E-state index is -3.36.